The molecule has 140 valence electrons. The first-order valence-electron chi connectivity index (χ1n) is 8.44. The van der Waals surface area contributed by atoms with Crippen LogP contribution in [0.3, 0.4) is 0 Å². The number of ketones is 1. The van der Waals surface area contributed by atoms with Crippen molar-refractivity contribution >= 4 is 11.8 Å². The molecule has 7 heteroatoms. The molecule has 25 heavy (non-hydrogen) atoms. The van der Waals surface area contributed by atoms with E-state index in [2.05, 4.69) is 0 Å². The Morgan fingerprint density at radius 1 is 1.04 bits per heavy atom. The summed E-state index contributed by atoms with van der Waals surface area (Å²) in [6, 6.07) is 3.00. The number of rotatable bonds is 11. The van der Waals surface area contributed by atoms with Crippen LogP contribution < -0.4 is 19.9 Å². The third kappa shape index (κ3) is 5.09. The van der Waals surface area contributed by atoms with Crippen molar-refractivity contribution in [2.45, 2.75) is 27.7 Å². The van der Waals surface area contributed by atoms with Gasteiger partial charge in [-0.3, -0.25) is 9.59 Å². The van der Waals surface area contributed by atoms with Crippen molar-refractivity contribution in [1.82, 2.24) is 0 Å². The van der Waals surface area contributed by atoms with E-state index in [1.54, 1.807) is 20.8 Å². The molecule has 2 unspecified atom stereocenters. The number of nitrogens with two attached hydrogens (primary N) is 1. The van der Waals surface area contributed by atoms with Gasteiger partial charge in [0.1, 0.15) is 5.92 Å². The SMILES string of the molecule is CCOc1cc(C(=O)C(C(=O)O)C(C)CN)cc(OCC)c1OCC. The second-order valence-corrected chi connectivity index (χ2v) is 5.49. The molecule has 0 aliphatic carbocycles. The molecular formula is C18H27NO6. The van der Waals surface area contributed by atoms with Gasteiger partial charge in [0, 0.05) is 5.56 Å². The van der Waals surface area contributed by atoms with Gasteiger partial charge in [0.05, 0.1) is 19.8 Å². The number of carbonyl (C=O) groups is 2. The predicted octanol–water partition coefficient (Wildman–Crippen LogP) is 2.36. The monoisotopic (exact) mass is 353 g/mol. The summed E-state index contributed by atoms with van der Waals surface area (Å²) in [6.45, 7) is 8.30. The molecule has 1 rings (SSSR count). The molecule has 0 saturated heterocycles. The van der Waals surface area contributed by atoms with Crippen LogP contribution in [0.4, 0.5) is 0 Å². The summed E-state index contributed by atoms with van der Waals surface area (Å²) in [4.78, 5) is 24.3. The van der Waals surface area contributed by atoms with Gasteiger partial charge < -0.3 is 25.1 Å². The topological polar surface area (TPSA) is 108 Å². The zero-order valence-corrected chi connectivity index (χ0v) is 15.2. The van der Waals surface area contributed by atoms with Gasteiger partial charge >= 0.3 is 5.97 Å². The molecule has 0 fully saturated rings. The van der Waals surface area contributed by atoms with Crippen LogP contribution in [0.1, 0.15) is 38.1 Å². The van der Waals surface area contributed by atoms with Gasteiger partial charge in [-0.2, -0.15) is 0 Å². The van der Waals surface area contributed by atoms with E-state index in [-0.39, 0.29) is 12.1 Å². The maximum Gasteiger partial charge on any atom is 0.314 e. The molecule has 0 heterocycles. The van der Waals surface area contributed by atoms with Gasteiger partial charge in [0.2, 0.25) is 5.75 Å². The molecule has 1 aromatic carbocycles. The maximum atomic E-state index is 12.8. The molecule has 1 aromatic rings. The minimum atomic E-state index is -1.23. The van der Waals surface area contributed by atoms with Crippen molar-refractivity contribution in [3.63, 3.8) is 0 Å². The van der Waals surface area contributed by atoms with Crippen LogP contribution in [-0.4, -0.2) is 43.2 Å². The number of hydrogen-bond donors (Lipinski definition) is 2. The third-order valence-electron chi connectivity index (χ3n) is 3.68. The van der Waals surface area contributed by atoms with Crippen molar-refractivity contribution in [3.8, 4) is 17.2 Å². The predicted molar refractivity (Wildman–Crippen MR) is 93.6 cm³/mol. The first-order chi connectivity index (χ1) is 11.9. The highest BCUT2D eigenvalue weighted by atomic mass is 16.5. The van der Waals surface area contributed by atoms with E-state index in [9.17, 15) is 14.7 Å². The molecule has 7 nitrogen and oxygen atoms in total. The molecule has 2 atom stereocenters. The average Bonchev–Trinajstić information content (AvgIpc) is 2.57. The molecule has 0 radical (unpaired) electrons. The summed E-state index contributed by atoms with van der Waals surface area (Å²) in [5.74, 6) is -2.36. The number of carboxylic acids is 1. The molecule has 0 spiro atoms. The fourth-order valence-corrected chi connectivity index (χ4v) is 2.46. The van der Waals surface area contributed by atoms with Crippen molar-refractivity contribution in [1.29, 1.82) is 0 Å². The number of hydrogen-bond acceptors (Lipinski definition) is 6. The third-order valence-corrected chi connectivity index (χ3v) is 3.68. The summed E-state index contributed by atoms with van der Waals surface area (Å²) < 4.78 is 16.7. The molecule has 0 aromatic heterocycles. The van der Waals surface area contributed by atoms with E-state index < -0.39 is 23.6 Å². The molecular weight excluding hydrogens is 326 g/mol. The van der Waals surface area contributed by atoms with Crippen LogP contribution in [0.25, 0.3) is 0 Å². The van der Waals surface area contributed by atoms with Crippen molar-refractivity contribution in [2.75, 3.05) is 26.4 Å². The molecule has 0 saturated carbocycles. The molecule has 0 amide bonds. The van der Waals surface area contributed by atoms with E-state index in [0.29, 0.717) is 37.1 Å². The Morgan fingerprint density at radius 2 is 1.52 bits per heavy atom. The van der Waals surface area contributed by atoms with Crippen molar-refractivity contribution in [2.24, 2.45) is 17.6 Å². The number of Topliss-reactive ketones (excluding diaryl/α,β-unsaturated/α-hetero) is 1. The Morgan fingerprint density at radius 3 is 1.88 bits per heavy atom. The van der Waals surface area contributed by atoms with Crippen LogP contribution in [0, 0.1) is 11.8 Å². The highest BCUT2D eigenvalue weighted by Gasteiger charge is 2.33. The van der Waals surface area contributed by atoms with Gasteiger partial charge in [-0.25, -0.2) is 0 Å². The highest BCUT2D eigenvalue weighted by molar-refractivity contribution is 6.09. The summed E-state index contributed by atoms with van der Waals surface area (Å²) in [5, 5.41) is 9.43. The van der Waals surface area contributed by atoms with Gasteiger partial charge in [-0.15, -0.1) is 0 Å². The van der Waals surface area contributed by atoms with Gasteiger partial charge in [-0.05, 0) is 45.4 Å². The number of carboxylic acid groups (broad SMARTS) is 1. The summed E-state index contributed by atoms with van der Waals surface area (Å²) in [5.41, 5.74) is 5.76. The van der Waals surface area contributed by atoms with Gasteiger partial charge in [0.15, 0.2) is 17.3 Å². The highest BCUT2D eigenvalue weighted by Crippen LogP contribution is 2.40. The second kappa shape index (κ2) is 9.88. The lowest BCUT2D eigenvalue weighted by Gasteiger charge is -2.20. The second-order valence-electron chi connectivity index (χ2n) is 5.49. The van der Waals surface area contributed by atoms with Crippen LogP contribution in [0.15, 0.2) is 12.1 Å². The molecule has 0 aliphatic heterocycles. The van der Waals surface area contributed by atoms with Crippen molar-refractivity contribution in [3.05, 3.63) is 17.7 Å². The maximum absolute atomic E-state index is 12.8. The summed E-state index contributed by atoms with van der Waals surface area (Å²) in [6.07, 6.45) is 0. The lowest BCUT2D eigenvalue weighted by molar-refractivity contribution is -0.141. The average molecular weight is 353 g/mol. The fourth-order valence-electron chi connectivity index (χ4n) is 2.46. The number of ether oxygens (including phenoxy) is 3. The Kier molecular flexibility index (Phi) is 8.21. The Hall–Kier alpha value is -2.28. The van der Waals surface area contributed by atoms with E-state index in [1.165, 1.54) is 12.1 Å². The van der Waals surface area contributed by atoms with Crippen LogP contribution in [0.2, 0.25) is 0 Å². The van der Waals surface area contributed by atoms with E-state index >= 15 is 0 Å². The van der Waals surface area contributed by atoms with Gasteiger partial charge in [0.25, 0.3) is 0 Å². The molecule has 0 bridgehead atoms. The largest absolute Gasteiger partial charge is 0.490 e. The number of carbonyl (C=O) groups excluding carboxylic acids is 1. The summed E-state index contributed by atoms with van der Waals surface area (Å²) >= 11 is 0. The Labute approximate surface area is 148 Å². The van der Waals surface area contributed by atoms with Crippen LogP contribution in [-0.2, 0) is 4.79 Å². The van der Waals surface area contributed by atoms with E-state index in [4.69, 9.17) is 19.9 Å². The molecule has 3 N–H and O–H groups in total. The lowest BCUT2D eigenvalue weighted by Crippen LogP contribution is -2.34. The quantitative estimate of drug-likeness (QED) is 0.464. The minimum absolute atomic E-state index is 0.0936. The standard InChI is InChI=1S/C18H27NO6/c1-5-23-13-8-12(9-14(24-6-2)17(13)25-7-3)16(20)15(18(21)22)11(4)10-19/h8-9,11,15H,5-7,10,19H2,1-4H3,(H,21,22). The van der Waals surface area contributed by atoms with E-state index in [0.717, 1.165) is 0 Å². The smallest absolute Gasteiger partial charge is 0.314 e. The Bertz CT molecular complexity index is 574. The minimum Gasteiger partial charge on any atom is -0.490 e. The van der Waals surface area contributed by atoms with E-state index in [1.807, 2.05) is 6.92 Å². The van der Waals surface area contributed by atoms with Crippen molar-refractivity contribution < 1.29 is 28.9 Å². The van der Waals surface area contributed by atoms with Crippen LogP contribution in [0.5, 0.6) is 17.2 Å². The summed E-state index contributed by atoms with van der Waals surface area (Å²) in [7, 11) is 0. The first kappa shape index (κ1) is 20.8. The normalized spacial score (nSPS) is 13.0. The zero-order valence-electron chi connectivity index (χ0n) is 15.2. The lowest BCUT2D eigenvalue weighted by atomic mass is 9.86. The van der Waals surface area contributed by atoms with Gasteiger partial charge in [-0.1, -0.05) is 6.92 Å². The van der Waals surface area contributed by atoms with Crippen LogP contribution >= 0.6 is 0 Å². The first-order valence-corrected chi connectivity index (χ1v) is 8.44. The molecule has 0 aliphatic rings. The Balaban J connectivity index is 3.42. The number of aliphatic carboxylic acids is 1. The zero-order chi connectivity index (χ0) is 19.0. The fraction of sp³-hybridized carbons (Fsp3) is 0.556. The number of benzene rings is 1.